The van der Waals surface area contributed by atoms with E-state index in [4.69, 9.17) is 4.74 Å². The van der Waals surface area contributed by atoms with Crippen molar-refractivity contribution in [3.63, 3.8) is 0 Å². The second-order valence-corrected chi connectivity index (χ2v) is 5.34. The van der Waals surface area contributed by atoms with Gasteiger partial charge in [0.15, 0.2) is 0 Å². The molecule has 1 heterocycles. The number of rotatable bonds is 5. The molecular formula is C16H19FN2O4. The summed E-state index contributed by atoms with van der Waals surface area (Å²) in [5.41, 5.74) is 0.705. The normalized spacial score (nSPS) is 21.1. The Balaban J connectivity index is 2.12. The van der Waals surface area contributed by atoms with Gasteiger partial charge in [-0.3, -0.25) is 14.4 Å². The van der Waals surface area contributed by atoms with E-state index in [0.717, 1.165) is 0 Å². The molecule has 1 aromatic carbocycles. The molecule has 0 aliphatic carbocycles. The van der Waals surface area contributed by atoms with Crippen molar-refractivity contribution in [1.82, 2.24) is 10.2 Å². The number of piperazine rings is 1. The van der Waals surface area contributed by atoms with E-state index in [9.17, 15) is 18.8 Å². The number of amides is 2. The second-order valence-electron chi connectivity index (χ2n) is 5.34. The summed E-state index contributed by atoms with van der Waals surface area (Å²) in [7, 11) is 0. The Morgan fingerprint density at radius 3 is 2.57 bits per heavy atom. The average Bonchev–Trinajstić information content (AvgIpc) is 2.51. The second kappa shape index (κ2) is 7.21. The van der Waals surface area contributed by atoms with E-state index in [2.05, 4.69) is 5.32 Å². The molecule has 0 saturated carbocycles. The average molecular weight is 322 g/mol. The number of benzene rings is 1. The van der Waals surface area contributed by atoms with Crippen molar-refractivity contribution in [2.75, 3.05) is 6.61 Å². The molecule has 1 aliphatic heterocycles. The van der Waals surface area contributed by atoms with Gasteiger partial charge < -0.3 is 15.0 Å². The lowest BCUT2D eigenvalue weighted by molar-refractivity contribution is -0.154. The van der Waals surface area contributed by atoms with Gasteiger partial charge in [0.1, 0.15) is 17.9 Å². The van der Waals surface area contributed by atoms with Crippen LogP contribution in [0, 0.1) is 5.82 Å². The molecule has 1 aromatic rings. The van der Waals surface area contributed by atoms with Crippen molar-refractivity contribution in [3.05, 3.63) is 35.6 Å². The number of nitrogens with one attached hydrogen (secondary N) is 1. The molecule has 0 bridgehead atoms. The Bertz CT molecular complexity index is 603. The number of ether oxygens (including phenoxy) is 1. The van der Waals surface area contributed by atoms with Crippen LogP contribution < -0.4 is 5.32 Å². The van der Waals surface area contributed by atoms with Gasteiger partial charge in [-0.2, -0.15) is 0 Å². The molecule has 2 amide bonds. The third-order valence-corrected chi connectivity index (χ3v) is 3.69. The zero-order chi connectivity index (χ0) is 17.0. The van der Waals surface area contributed by atoms with Crippen LogP contribution in [0.3, 0.4) is 0 Å². The Morgan fingerprint density at radius 1 is 1.30 bits per heavy atom. The number of halogens is 1. The minimum absolute atomic E-state index is 0.174. The van der Waals surface area contributed by atoms with Crippen molar-refractivity contribution in [2.45, 2.75) is 38.9 Å². The quantitative estimate of drug-likeness (QED) is 0.821. The van der Waals surface area contributed by atoms with Crippen LogP contribution in [0.1, 0.15) is 25.8 Å². The topological polar surface area (TPSA) is 75.7 Å². The lowest BCUT2D eigenvalue weighted by atomic mass is 10.0. The molecular weight excluding hydrogens is 303 g/mol. The molecule has 1 unspecified atom stereocenters. The third-order valence-electron chi connectivity index (χ3n) is 3.69. The fraction of sp³-hybridized carbons (Fsp3) is 0.438. The first kappa shape index (κ1) is 16.9. The fourth-order valence-corrected chi connectivity index (χ4v) is 2.41. The molecule has 2 rings (SSSR count). The maximum atomic E-state index is 13.0. The van der Waals surface area contributed by atoms with Crippen LogP contribution >= 0.6 is 0 Å². The van der Waals surface area contributed by atoms with E-state index in [-0.39, 0.29) is 37.2 Å². The van der Waals surface area contributed by atoms with E-state index >= 15 is 0 Å². The van der Waals surface area contributed by atoms with Crippen LogP contribution in [-0.4, -0.2) is 41.4 Å². The fourth-order valence-electron chi connectivity index (χ4n) is 2.41. The first-order valence-corrected chi connectivity index (χ1v) is 7.43. The SMILES string of the molecule is CCOC(=O)C[C@@H]1NC(=O)C(C)N(Cc2ccc(F)cc2)C1=O. The van der Waals surface area contributed by atoms with Gasteiger partial charge in [0.25, 0.3) is 0 Å². The van der Waals surface area contributed by atoms with Crippen LogP contribution in [0.25, 0.3) is 0 Å². The number of hydrogen-bond donors (Lipinski definition) is 1. The van der Waals surface area contributed by atoms with Crippen LogP contribution in [0.2, 0.25) is 0 Å². The van der Waals surface area contributed by atoms with Crippen LogP contribution in [0.4, 0.5) is 4.39 Å². The van der Waals surface area contributed by atoms with Gasteiger partial charge in [0, 0.05) is 6.54 Å². The smallest absolute Gasteiger partial charge is 0.308 e. The highest BCUT2D eigenvalue weighted by Gasteiger charge is 2.39. The molecule has 1 fully saturated rings. The van der Waals surface area contributed by atoms with E-state index in [1.165, 1.54) is 17.0 Å². The molecule has 7 heteroatoms. The van der Waals surface area contributed by atoms with Gasteiger partial charge in [-0.25, -0.2) is 4.39 Å². The van der Waals surface area contributed by atoms with E-state index in [0.29, 0.717) is 5.56 Å². The molecule has 1 aliphatic rings. The predicted molar refractivity (Wildman–Crippen MR) is 79.6 cm³/mol. The number of nitrogens with zero attached hydrogens (tertiary/aromatic N) is 1. The summed E-state index contributed by atoms with van der Waals surface area (Å²) in [4.78, 5) is 37.5. The van der Waals surface area contributed by atoms with Gasteiger partial charge >= 0.3 is 5.97 Å². The Hall–Kier alpha value is -2.44. The molecule has 0 spiro atoms. The Labute approximate surface area is 133 Å². The first-order valence-electron chi connectivity index (χ1n) is 7.43. The summed E-state index contributed by atoms with van der Waals surface area (Å²) in [5.74, 6) is -1.59. The number of carbonyl (C=O) groups excluding carboxylic acids is 3. The van der Waals surface area contributed by atoms with Gasteiger partial charge in [-0.1, -0.05) is 12.1 Å². The lowest BCUT2D eigenvalue weighted by Crippen LogP contribution is -2.62. The summed E-state index contributed by atoms with van der Waals surface area (Å²) in [5, 5.41) is 2.54. The van der Waals surface area contributed by atoms with E-state index in [1.54, 1.807) is 26.0 Å². The van der Waals surface area contributed by atoms with Crippen molar-refractivity contribution >= 4 is 17.8 Å². The standard InChI is InChI=1S/C16H19FN2O4/c1-3-23-14(20)8-13-16(22)19(10(2)15(21)18-13)9-11-4-6-12(17)7-5-11/h4-7,10,13H,3,8-9H2,1-2H3,(H,18,21)/t10?,13-/m0/s1. The zero-order valence-corrected chi connectivity index (χ0v) is 13.0. The molecule has 0 aromatic heterocycles. The molecule has 23 heavy (non-hydrogen) atoms. The van der Waals surface area contributed by atoms with Gasteiger partial charge in [-0.15, -0.1) is 0 Å². The number of esters is 1. The molecule has 124 valence electrons. The van der Waals surface area contributed by atoms with Gasteiger partial charge in [0.2, 0.25) is 11.8 Å². The maximum absolute atomic E-state index is 13.0. The van der Waals surface area contributed by atoms with Crippen molar-refractivity contribution in [3.8, 4) is 0 Å². The van der Waals surface area contributed by atoms with Crippen molar-refractivity contribution in [2.24, 2.45) is 0 Å². The maximum Gasteiger partial charge on any atom is 0.308 e. The lowest BCUT2D eigenvalue weighted by Gasteiger charge is -2.37. The minimum atomic E-state index is -0.932. The number of hydrogen-bond acceptors (Lipinski definition) is 4. The summed E-state index contributed by atoms with van der Waals surface area (Å²) < 4.78 is 17.8. The summed E-state index contributed by atoms with van der Waals surface area (Å²) in [6, 6.07) is 4.11. The van der Waals surface area contributed by atoms with Gasteiger partial charge in [0.05, 0.1) is 13.0 Å². The monoisotopic (exact) mass is 322 g/mol. The molecule has 1 N–H and O–H groups in total. The minimum Gasteiger partial charge on any atom is -0.466 e. The molecule has 1 saturated heterocycles. The highest BCUT2D eigenvalue weighted by Crippen LogP contribution is 2.17. The van der Waals surface area contributed by atoms with E-state index < -0.39 is 18.1 Å². The Kier molecular flexibility index (Phi) is 5.31. The van der Waals surface area contributed by atoms with Gasteiger partial charge in [-0.05, 0) is 31.5 Å². The highest BCUT2D eigenvalue weighted by molar-refractivity contribution is 5.98. The summed E-state index contributed by atoms with van der Waals surface area (Å²) in [6.07, 6.45) is -0.203. The van der Waals surface area contributed by atoms with Crippen molar-refractivity contribution < 1.29 is 23.5 Å². The van der Waals surface area contributed by atoms with Crippen LogP contribution in [-0.2, 0) is 25.7 Å². The molecule has 0 radical (unpaired) electrons. The van der Waals surface area contributed by atoms with Crippen LogP contribution in [0.15, 0.2) is 24.3 Å². The molecule has 2 atom stereocenters. The number of carbonyl (C=O) groups is 3. The zero-order valence-electron chi connectivity index (χ0n) is 13.0. The highest BCUT2D eigenvalue weighted by atomic mass is 19.1. The summed E-state index contributed by atoms with van der Waals surface area (Å²) in [6.45, 7) is 3.66. The predicted octanol–water partition coefficient (Wildman–Crippen LogP) is 0.994. The largest absolute Gasteiger partial charge is 0.466 e. The summed E-state index contributed by atoms with van der Waals surface area (Å²) >= 11 is 0. The third kappa shape index (κ3) is 4.06. The molecule has 6 nitrogen and oxygen atoms in total. The first-order chi connectivity index (χ1) is 10.9. The van der Waals surface area contributed by atoms with Crippen LogP contribution in [0.5, 0.6) is 0 Å². The van der Waals surface area contributed by atoms with E-state index in [1.807, 2.05) is 0 Å². The van der Waals surface area contributed by atoms with Crippen molar-refractivity contribution in [1.29, 1.82) is 0 Å². The Morgan fingerprint density at radius 2 is 1.96 bits per heavy atom.